The molecule has 1 aromatic carbocycles. The molecule has 0 aromatic heterocycles. The highest BCUT2D eigenvalue weighted by molar-refractivity contribution is 8.13. The highest BCUT2D eigenvalue weighted by atomic mass is 35.5. The topological polar surface area (TPSA) is 17.1 Å². The molecule has 0 amide bonds. The van der Waals surface area contributed by atoms with E-state index in [0.29, 0.717) is 0 Å². The molecule has 0 atom stereocenters. The van der Waals surface area contributed by atoms with Crippen molar-refractivity contribution < 1.29 is 4.79 Å². The average molecular weight is 189 g/mol. The van der Waals surface area contributed by atoms with E-state index in [1.807, 2.05) is 30.3 Å². The van der Waals surface area contributed by atoms with E-state index in [1.165, 1.54) is 11.8 Å². The van der Waals surface area contributed by atoms with Crippen molar-refractivity contribution >= 4 is 29.3 Å². The molecule has 0 unspecified atom stereocenters. The van der Waals surface area contributed by atoms with Crippen molar-refractivity contribution in [2.24, 2.45) is 0 Å². The molecule has 0 N–H and O–H groups in total. The number of benzene rings is 1. The minimum atomic E-state index is 0. The number of carbonyl (C=O) groups excluding carboxylic acids is 1. The summed E-state index contributed by atoms with van der Waals surface area (Å²) in [6, 6.07) is 9.27. The van der Waals surface area contributed by atoms with E-state index >= 15 is 0 Å². The van der Waals surface area contributed by atoms with Gasteiger partial charge < -0.3 is 0 Å². The quantitative estimate of drug-likeness (QED) is 0.674. The van der Waals surface area contributed by atoms with Crippen molar-refractivity contribution in [2.75, 3.05) is 6.26 Å². The van der Waals surface area contributed by atoms with E-state index < -0.39 is 0 Å². The zero-order chi connectivity index (χ0) is 7.40. The third-order valence-electron chi connectivity index (χ3n) is 1.19. The summed E-state index contributed by atoms with van der Waals surface area (Å²) in [6.07, 6.45) is 1.79. The van der Waals surface area contributed by atoms with Crippen LogP contribution in [0.25, 0.3) is 0 Å². The largest absolute Gasteiger partial charge is 0.282 e. The Bertz CT molecular complexity index is 223. The van der Waals surface area contributed by atoms with E-state index in [1.54, 1.807) is 6.26 Å². The molecule has 1 rings (SSSR count). The average Bonchev–Trinajstić information content (AvgIpc) is 2.05. The highest BCUT2D eigenvalue weighted by Crippen LogP contribution is 2.07. The third kappa shape index (κ3) is 2.95. The van der Waals surface area contributed by atoms with Gasteiger partial charge in [0.1, 0.15) is 0 Å². The van der Waals surface area contributed by atoms with Crippen molar-refractivity contribution in [3.8, 4) is 0 Å². The van der Waals surface area contributed by atoms with E-state index in [2.05, 4.69) is 0 Å². The zero-order valence-corrected chi connectivity index (χ0v) is 7.74. The number of thioether (sulfide) groups is 1. The van der Waals surface area contributed by atoms with Gasteiger partial charge in [0.25, 0.3) is 0 Å². The molecule has 0 saturated carbocycles. The van der Waals surface area contributed by atoms with Gasteiger partial charge in [-0.3, -0.25) is 4.79 Å². The van der Waals surface area contributed by atoms with E-state index in [0.717, 1.165) is 5.56 Å². The summed E-state index contributed by atoms with van der Waals surface area (Å²) < 4.78 is 0. The second-order valence-electron chi connectivity index (χ2n) is 1.86. The van der Waals surface area contributed by atoms with Crippen LogP contribution in [0.4, 0.5) is 0 Å². The molecule has 0 saturated heterocycles. The van der Waals surface area contributed by atoms with Crippen LogP contribution in [0.2, 0.25) is 0 Å². The van der Waals surface area contributed by atoms with Crippen LogP contribution in [0, 0.1) is 0 Å². The Kier molecular flexibility index (Phi) is 4.99. The van der Waals surface area contributed by atoms with E-state index in [-0.39, 0.29) is 17.5 Å². The van der Waals surface area contributed by atoms with Gasteiger partial charge in [-0.1, -0.05) is 42.1 Å². The molecule has 0 spiro atoms. The summed E-state index contributed by atoms with van der Waals surface area (Å²) in [5, 5.41) is 0.126. The van der Waals surface area contributed by atoms with Gasteiger partial charge in [0.2, 0.25) is 5.12 Å². The van der Waals surface area contributed by atoms with Crippen LogP contribution in [0.5, 0.6) is 0 Å². The van der Waals surface area contributed by atoms with Crippen LogP contribution >= 0.6 is 24.2 Å². The molecular weight excluding hydrogens is 180 g/mol. The van der Waals surface area contributed by atoms with Gasteiger partial charge in [0.05, 0.1) is 0 Å². The Hall–Kier alpha value is -0.470. The Morgan fingerprint density at radius 1 is 1.27 bits per heavy atom. The third-order valence-corrected chi connectivity index (χ3v) is 1.80. The second-order valence-corrected chi connectivity index (χ2v) is 2.64. The maximum atomic E-state index is 11.0. The fourth-order valence-electron chi connectivity index (χ4n) is 0.692. The minimum absolute atomic E-state index is 0. The lowest BCUT2D eigenvalue weighted by Crippen LogP contribution is -1.89. The van der Waals surface area contributed by atoms with Gasteiger partial charge in [-0.15, -0.1) is 12.4 Å². The lowest BCUT2D eigenvalue weighted by Gasteiger charge is -1.92. The van der Waals surface area contributed by atoms with Crippen molar-refractivity contribution in [1.82, 2.24) is 0 Å². The van der Waals surface area contributed by atoms with Crippen molar-refractivity contribution in [2.45, 2.75) is 0 Å². The molecule has 0 aliphatic rings. The first-order valence-corrected chi connectivity index (χ1v) is 4.20. The lowest BCUT2D eigenvalue weighted by molar-refractivity contribution is 0.108. The normalized spacial score (nSPS) is 8.45. The van der Waals surface area contributed by atoms with Gasteiger partial charge in [0.15, 0.2) is 0 Å². The van der Waals surface area contributed by atoms with Crippen molar-refractivity contribution in [3.05, 3.63) is 35.9 Å². The molecule has 0 heterocycles. The number of halogens is 1. The molecular formula is C8H9ClOS. The van der Waals surface area contributed by atoms with Gasteiger partial charge in [0, 0.05) is 5.56 Å². The first-order valence-electron chi connectivity index (χ1n) is 2.98. The van der Waals surface area contributed by atoms with Crippen LogP contribution in [-0.2, 0) is 0 Å². The number of hydrogen-bond donors (Lipinski definition) is 0. The van der Waals surface area contributed by atoms with Gasteiger partial charge in [-0.05, 0) is 6.26 Å². The summed E-state index contributed by atoms with van der Waals surface area (Å²) in [7, 11) is 0. The summed E-state index contributed by atoms with van der Waals surface area (Å²) in [6.45, 7) is 0. The molecule has 0 bridgehead atoms. The Balaban J connectivity index is 0.000001000. The van der Waals surface area contributed by atoms with Gasteiger partial charge >= 0.3 is 0 Å². The SMILES string of the molecule is CSC(=O)c1ccccc1.Cl. The predicted octanol–water partition coefficient (Wildman–Crippen LogP) is 2.61. The fraction of sp³-hybridized carbons (Fsp3) is 0.125. The van der Waals surface area contributed by atoms with Crippen LogP contribution in [-0.4, -0.2) is 11.4 Å². The van der Waals surface area contributed by atoms with Gasteiger partial charge in [-0.25, -0.2) is 0 Å². The standard InChI is InChI=1S/C8H8OS.ClH/c1-10-8(9)7-5-3-2-4-6-7;/h2-6H,1H3;1H. The molecule has 3 heteroatoms. The van der Waals surface area contributed by atoms with E-state index in [9.17, 15) is 4.79 Å². The van der Waals surface area contributed by atoms with Crippen molar-refractivity contribution in [1.29, 1.82) is 0 Å². The van der Waals surface area contributed by atoms with Crippen molar-refractivity contribution in [3.63, 3.8) is 0 Å². The molecule has 1 nitrogen and oxygen atoms in total. The smallest absolute Gasteiger partial charge is 0.219 e. The molecule has 0 aliphatic heterocycles. The van der Waals surface area contributed by atoms with Crippen LogP contribution < -0.4 is 0 Å². The fourth-order valence-corrected chi connectivity index (χ4v) is 1.06. The second kappa shape index (κ2) is 5.22. The zero-order valence-electron chi connectivity index (χ0n) is 6.11. The van der Waals surface area contributed by atoms with E-state index in [4.69, 9.17) is 0 Å². The predicted molar refractivity (Wildman–Crippen MR) is 51.5 cm³/mol. The number of carbonyl (C=O) groups is 1. The highest BCUT2D eigenvalue weighted by Gasteiger charge is 1.99. The Morgan fingerprint density at radius 2 is 1.82 bits per heavy atom. The number of rotatable bonds is 1. The molecule has 1 aromatic rings. The Morgan fingerprint density at radius 3 is 2.27 bits per heavy atom. The first kappa shape index (κ1) is 10.5. The maximum absolute atomic E-state index is 11.0. The lowest BCUT2D eigenvalue weighted by atomic mass is 10.2. The molecule has 60 valence electrons. The summed E-state index contributed by atoms with van der Waals surface area (Å²) in [4.78, 5) is 11.0. The monoisotopic (exact) mass is 188 g/mol. The Labute approximate surface area is 76.6 Å². The summed E-state index contributed by atoms with van der Waals surface area (Å²) >= 11 is 1.24. The van der Waals surface area contributed by atoms with Gasteiger partial charge in [-0.2, -0.15) is 0 Å². The maximum Gasteiger partial charge on any atom is 0.219 e. The van der Waals surface area contributed by atoms with Crippen LogP contribution in [0.15, 0.2) is 30.3 Å². The molecule has 11 heavy (non-hydrogen) atoms. The van der Waals surface area contributed by atoms with Crippen LogP contribution in [0.1, 0.15) is 10.4 Å². The first-order chi connectivity index (χ1) is 4.84. The molecule has 0 radical (unpaired) electrons. The minimum Gasteiger partial charge on any atom is -0.282 e. The molecule has 0 fully saturated rings. The number of hydrogen-bond acceptors (Lipinski definition) is 2. The molecule has 0 aliphatic carbocycles. The summed E-state index contributed by atoms with van der Waals surface area (Å²) in [5.41, 5.74) is 0.773. The van der Waals surface area contributed by atoms with Crippen LogP contribution in [0.3, 0.4) is 0 Å². The summed E-state index contributed by atoms with van der Waals surface area (Å²) in [5.74, 6) is 0.